The van der Waals surface area contributed by atoms with Gasteiger partial charge in [-0.1, -0.05) is 23.7 Å². The summed E-state index contributed by atoms with van der Waals surface area (Å²) in [5.41, 5.74) is 0.593. The summed E-state index contributed by atoms with van der Waals surface area (Å²) in [7, 11) is 0. The van der Waals surface area contributed by atoms with Crippen LogP contribution in [0.1, 0.15) is 12.8 Å². The van der Waals surface area contributed by atoms with Gasteiger partial charge in [0, 0.05) is 6.42 Å². The minimum Gasteiger partial charge on any atom is -0.481 e. The number of benzene rings is 1. The summed E-state index contributed by atoms with van der Waals surface area (Å²) in [6, 6.07) is 7.02. The van der Waals surface area contributed by atoms with E-state index in [1.165, 1.54) is 11.8 Å². The number of anilines is 1. The van der Waals surface area contributed by atoms with Gasteiger partial charge in [-0.25, -0.2) is 0 Å². The second-order valence-corrected chi connectivity index (χ2v) is 5.09. The molecule has 2 N–H and O–H groups in total. The number of para-hydroxylation sites is 1. The fourth-order valence-corrected chi connectivity index (χ4v) is 2.17. The number of carbonyl (C=O) groups excluding carboxylic acids is 1. The summed E-state index contributed by atoms with van der Waals surface area (Å²) in [6.07, 6.45) is 0.707. The van der Waals surface area contributed by atoms with Crippen molar-refractivity contribution in [2.24, 2.45) is 0 Å². The van der Waals surface area contributed by atoms with Crippen molar-refractivity contribution in [3.05, 3.63) is 29.3 Å². The average Bonchev–Trinajstić information content (AvgIpc) is 2.31. The van der Waals surface area contributed by atoms with Gasteiger partial charge in [-0.05, 0) is 24.3 Å². The maximum atomic E-state index is 11.6. The van der Waals surface area contributed by atoms with E-state index in [9.17, 15) is 9.59 Å². The van der Waals surface area contributed by atoms with Gasteiger partial charge in [0.05, 0.1) is 16.5 Å². The van der Waals surface area contributed by atoms with Gasteiger partial charge in [-0.15, -0.1) is 0 Å². The van der Waals surface area contributed by atoms with E-state index in [-0.39, 0.29) is 12.3 Å². The number of hydrogen-bond donors (Lipinski definition) is 2. The molecule has 4 nitrogen and oxygen atoms in total. The molecular formula is C12H14ClNO3S. The Hall–Kier alpha value is -1.20. The molecule has 0 heterocycles. The van der Waals surface area contributed by atoms with Crippen LogP contribution in [0.25, 0.3) is 0 Å². The predicted octanol–water partition coefficient (Wildman–Crippen LogP) is 2.88. The topological polar surface area (TPSA) is 66.4 Å². The number of carboxylic acids is 1. The first-order chi connectivity index (χ1) is 8.59. The molecule has 18 heavy (non-hydrogen) atoms. The smallest absolute Gasteiger partial charge is 0.303 e. The molecule has 1 amide bonds. The van der Waals surface area contributed by atoms with E-state index in [1.54, 1.807) is 24.3 Å². The minimum atomic E-state index is -0.809. The molecule has 0 unspecified atom stereocenters. The number of carbonyl (C=O) groups is 2. The van der Waals surface area contributed by atoms with E-state index in [0.29, 0.717) is 28.6 Å². The Morgan fingerprint density at radius 2 is 2.06 bits per heavy atom. The van der Waals surface area contributed by atoms with Gasteiger partial charge in [0.25, 0.3) is 0 Å². The summed E-state index contributed by atoms with van der Waals surface area (Å²) in [5.74, 6) is 0.00661. The van der Waals surface area contributed by atoms with Crippen LogP contribution in [0.15, 0.2) is 24.3 Å². The minimum absolute atomic E-state index is 0.136. The van der Waals surface area contributed by atoms with Gasteiger partial charge in [0.1, 0.15) is 0 Å². The van der Waals surface area contributed by atoms with Gasteiger partial charge in [0.2, 0.25) is 5.91 Å². The summed E-state index contributed by atoms with van der Waals surface area (Å²) in [5, 5.41) is 11.6. The molecule has 98 valence electrons. The van der Waals surface area contributed by atoms with Crippen molar-refractivity contribution in [1.82, 2.24) is 0 Å². The Morgan fingerprint density at radius 3 is 2.72 bits per heavy atom. The Morgan fingerprint density at radius 1 is 1.33 bits per heavy atom. The van der Waals surface area contributed by atoms with Crippen LogP contribution in [0.3, 0.4) is 0 Å². The Bertz CT molecular complexity index is 426. The molecule has 0 bridgehead atoms. The second-order valence-electron chi connectivity index (χ2n) is 3.58. The van der Waals surface area contributed by atoms with Crippen LogP contribution in [0.2, 0.25) is 5.02 Å². The zero-order valence-electron chi connectivity index (χ0n) is 9.69. The van der Waals surface area contributed by atoms with Gasteiger partial charge in [0.15, 0.2) is 0 Å². The third-order valence-corrected chi connectivity index (χ3v) is 3.43. The van der Waals surface area contributed by atoms with Gasteiger partial charge >= 0.3 is 5.97 Å². The van der Waals surface area contributed by atoms with Crippen LogP contribution in [-0.4, -0.2) is 28.5 Å². The van der Waals surface area contributed by atoms with Crippen molar-refractivity contribution in [3.8, 4) is 0 Å². The molecular weight excluding hydrogens is 274 g/mol. The van der Waals surface area contributed by atoms with Crippen LogP contribution in [0, 0.1) is 0 Å². The first-order valence-corrected chi connectivity index (χ1v) is 6.97. The van der Waals surface area contributed by atoms with Crippen LogP contribution in [0.5, 0.6) is 0 Å². The van der Waals surface area contributed by atoms with E-state index < -0.39 is 5.97 Å². The number of thioether (sulfide) groups is 1. The van der Waals surface area contributed by atoms with Crippen LogP contribution < -0.4 is 5.32 Å². The number of amides is 1. The third-order valence-electron chi connectivity index (χ3n) is 2.06. The van der Waals surface area contributed by atoms with E-state index in [0.717, 1.165) is 0 Å². The van der Waals surface area contributed by atoms with Crippen molar-refractivity contribution >= 4 is 40.9 Å². The molecule has 0 atom stereocenters. The zero-order chi connectivity index (χ0) is 13.4. The molecule has 0 radical (unpaired) electrons. The number of carboxylic acid groups (broad SMARTS) is 1. The zero-order valence-corrected chi connectivity index (χ0v) is 11.3. The van der Waals surface area contributed by atoms with Crippen LogP contribution in [-0.2, 0) is 9.59 Å². The number of nitrogens with one attached hydrogen (secondary N) is 1. The number of halogens is 1. The highest BCUT2D eigenvalue weighted by molar-refractivity contribution is 7.99. The molecule has 0 saturated carbocycles. The Balaban J connectivity index is 2.22. The predicted molar refractivity (Wildman–Crippen MR) is 74.3 cm³/mol. The van der Waals surface area contributed by atoms with Crippen LogP contribution in [0.4, 0.5) is 5.69 Å². The Kier molecular flexibility index (Phi) is 6.60. The number of hydrogen-bond acceptors (Lipinski definition) is 3. The van der Waals surface area contributed by atoms with Crippen molar-refractivity contribution < 1.29 is 14.7 Å². The molecule has 0 aliphatic heterocycles. The largest absolute Gasteiger partial charge is 0.481 e. The lowest BCUT2D eigenvalue weighted by Gasteiger charge is -2.06. The second kappa shape index (κ2) is 8.00. The van der Waals surface area contributed by atoms with Gasteiger partial charge < -0.3 is 10.4 Å². The Labute approximate surface area is 115 Å². The molecule has 0 aromatic heterocycles. The third kappa shape index (κ3) is 5.93. The molecule has 1 rings (SSSR count). The summed E-state index contributed by atoms with van der Waals surface area (Å²) in [4.78, 5) is 21.8. The summed E-state index contributed by atoms with van der Waals surface area (Å²) >= 11 is 7.31. The van der Waals surface area contributed by atoms with Crippen molar-refractivity contribution in [3.63, 3.8) is 0 Å². The molecule has 0 spiro atoms. The molecule has 1 aromatic carbocycles. The van der Waals surface area contributed by atoms with Gasteiger partial charge in [-0.2, -0.15) is 11.8 Å². The molecule has 0 aliphatic rings. The quantitative estimate of drug-likeness (QED) is 0.757. The normalized spacial score (nSPS) is 10.1. The van der Waals surface area contributed by atoms with E-state index in [4.69, 9.17) is 16.7 Å². The molecule has 0 fully saturated rings. The monoisotopic (exact) mass is 287 g/mol. The molecule has 0 aliphatic carbocycles. The van der Waals surface area contributed by atoms with Crippen molar-refractivity contribution in [2.75, 3.05) is 16.8 Å². The fraction of sp³-hybridized carbons (Fsp3) is 0.333. The SMILES string of the molecule is O=C(O)CCCSCC(=O)Nc1ccccc1Cl. The number of rotatable bonds is 7. The van der Waals surface area contributed by atoms with E-state index in [1.807, 2.05) is 0 Å². The fourth-order valence-electron chi connectivity index (χ4n) is 1.24. The summed E-state index contributed by atoms with van der Waals surface area (Å²) in [6.45, 7) is 0. The summed E-state index contributed by atoms with van der Waals surface area (Å²) < 4.78 is 0. The van der Waals surface area contributed by atoms with Crippen molar-refractivity contribution in [2.45, 2.75) is 12.8 Å². The highest BCUT2D eigenvalue weighted by atomic mass is 35.5. The van der Waals surface area contributed by atoms with E-state index >= 15 is 0 Å². The maximum Gasteiger partial charge on any atom is 0.303 e. The highest BCUT2D eigenvalue weighted by Gasteiger charge is 2.05. The average molecular weight is 288 g/mol. The first-order valence-electron chi connectivity index (χ1n) is 5.43. The lowest BCUT2D eigenvalue weighted by atomic mass is 10.3. The first kappa shape index (κ1) is 14.9. The van der Waals surface area contributed by atoms with E-state index in [2.05, 4.69) is 5.32 Å². The maximum absolute atomic E-state index is 11.6. The lowest BCUT2D eigenvalue weighted by molar-refractivity contribution is -0.137. The van der Waals surface area contributed by atoms with Crippen LogP contribution >= 0.6 is 23.4 Å². The standard InChI is InChI=1S/C12H14ClNO3S/c13-9-4-1-2-5-10(9)14-11(15)8-18-7-3-6-12(16)17/h1-2,4-5H,3,6-8H2,(H,14,15)(H,16,17). The van der Waals surface area contributed by atoms with Gasteiger partial charge in [-0.3, -0.25) is 9.59 Å². The molecule has 0 saturated heterocycles. The molecule has 1 aromatic rings. The lowest BCUT2D eigenvalue weighted by Crippen LogP contribution is -2.14. The molecule has 6 heteroatoms. The van der Waals surface area contributed by atoms with Crippen molar-refractivity contribution in [1.29, 1.82) is 0 Å². The highest BCUT2D eigenvalue weighted by Crippen LogP contribution is 2.20. The number of aliphatic carboxylic acids is 1.